The van der Waals surface area contributed by atoms with Gasteiger partial charge < -0.3 is 19.7 Å². The number of amides is 1. The molecular weight excluding hydrogens is 384 g/mol. The number of piperidine rings is 1. The molecule has 0 unspecified atom stereocenters. The summed E-state index contributed by atoms with van der Waals surface area (Å²) in [5, 5.41) is 5.52. The third kappa shape index (κ3) is 3.27. The molecule has 0 saturated carbocycles. The first-order valence-electron chi connectivity index (χ1n) is 10.5. The molecule has 1 aromatic heterocycles. The van der Waals surface area contributed by atoms with Crippen molar-refractivity contribution >= 4 is 17.2 Å². The van der Waals surface area contributed by atoms with Crippen molar-refractivity contribution < 1.29 is 14.3 Å². The highest BCUT2D eigenvalue weighted by Crippen LogP contribution is 2.45. The zero-order valence-electron chi connectivity index (χ0n) is 16.9. The molecule has 4 heterocycles. The lowest BCUT2D eigenvalue weighted by atomic mass is 9.74. The molecule has 6 heteroatoms. The highest BCUT2D eigenvalue weighted by Gasteiger charge is 2.49. The van der Waals surface area contributed by atoms with Gasteiger partial charge in [0.05, 0.1) is 19.1 Å². The van der Waals surface area contributed by atoms with Crippen LogP contribution < -0.4 is 10.1 Å². The Morgan fingerprint density at radius 2 is 2.10 bits per heavy atom. The summed E-state index contributed by atoms with van der Waals surface area (Å²) >= 11 is 1.82. The first-order chi connectivity index (χ1) is 14.1. The first kappa shape index (κ1) is 19.1. The molecule has 2 fully saturated rings. The highest BCUT2D eigenvalue weighted by molar-refractivity contribution is 7.10. The molecule has 0 bridgehead atoms. The standard InChI is InChI=1S/C23H28N2O3S/c1-27-19-4-2-3-17(13-19)14-22(15-24-16-22)21(26)25-9-7-23(8-10-25)20-18(5-11-28-23)6-12-29-20/h2-4,6,12-13,24H,5,7-11,14-16H2,1H3. The van der Waals surface area contributed by atoms with E-state index < -0.39 is 0 Å². The van der Waals surface area contributed by atoms with Crippen LogP contribution in [0.5, 0.6) is 5.75 Å². The fraction of sp³-hybridized carbons (Fsp3) is 0.522. The van der Waals surface area contributed by atoms with Crippen molar-refractivity contribution in [2.45, 2.75) is 31.3 Å². The van der Waals surface area contributed by atoms with E-state index in [0.717, 1.165) is 69.8 Å². The number of nitrogens with one attached hydrogen (secondary N) is 1. The van der Waals surface area contributed by atoms with Gasteiger partial charge in [-0.3, -0.25) is 4.79 Å². The minimum atomic E-state index is -0.335. The number of likely N-dealkylation sites (tertiary alicyclic amines) is 1. The van der Waals surface area contributed by atoms with E-state index in [-0.39, 0.29) is 16.9 Å². The molecule has 2 saturated heterocycles. The number of rotatable bonds is 4. The van der Waals surface area contributed by atoms with Crippen LogP contribution in [-0.2, 0) is 28.0 Å². The van der Waals surface area contributed by atoms with Crippen LogP contribution in [0.3, 0.4) is 0 Å². The molecule has 5 rings (SSSR count). The van der Waals surface area contributed by atoms with Crippen LogP contribution in [0.4, 0.5) is 0 Å². The van der Waals surface area contributed by atoms with E-state index in [2.05, 4.69) is 27.7 Å². The van der Waals surface area contributed by atoms with E-state index in [9.17, 15) is 4.79 Å². The second-order valence-corrected chi connectivity index (χ2v) is 9.49. The molecule has 1 N–H and O–H groups in total. The quantitative estimate of drug-likeness (QED) is 0.839. The Bertz CT molecular complexity index is 897. The van der Waals surface area contributed by atoms with Gasteiger partial charge in [-0.2, -0.15) is 0 Å². The molecule has 1 spiro atoms. The van der Waals surface area contributed by atoms with Gasteiger partial charge in [0.1, 0.15) is 11.4 Å². The molecule has 0 atom stereocenters. The average Bonchev–Trinajstić information content (AvgIpc) is 3.22. The number of carbonyl (C=O) groups is 1. The smallest absolute Gasteiger partial charge is 0.231 e. The van der Waals surface area contributed by atoms with Gasteiger partial charge in [-0.15, -0.1) is 11.3 Å². The summed E-state index contributed by atoms with van der Waals surface area (Å²) in [6.45, 7) is 3.83. The molecule has 3 aliphatic rings. The largest absolute Gasteiger partial charge is 0.497 e. The van der Waals surface area contributed by atoms with Crippen LogP contribution >= 0.6 is 11.3 Å². The van der Waals surface area contributed by atoms with E-state index in [1.165, 1.54) is 10.4 Å². The number of hydrogen-bond acceptors (Lipinski definition) is 5. The van der Waals surface area contributed by atoms with Crippen LogP contribution in [0, 0.1) is 5.41 Å². The summed E-state index contributed by atoms with van der Waals surface area (Å²) in [5.41, 5.74) is 2.10. The number of ether oxygens (including phenoxy) is 2. The number of nitrogens with zero attached hydrogens (tertiary/aromatic N) is 1. The van der Waals surface area contributed by atoms with Gasteiger partial charge in [-0.05, 0) is 60.4 Å². The van der Waals surface area contributed by atoms with Gasteiger partial charge in [0.2, 0.25) is 5.91 Å². The molecule has 5 nitrogen and oxygen atoms in total. The predicted molar refractivity (Wildman–Crippen MR) is 113 cm³/mol. The monoisotopic (exact) mass is 412 g/mol. The van der Waals surface area contributed by atoms with Crippen molar-refractivity contribution in [2.24, 2.45) is 5.41 Å². The van der Waals surface area contributed by atoms with Crippen LogP contribution in [0.1, 0.15) is 28.8 Å². The summed E-state index contributed by atoms with van der Waals surface area (Å²) < 4.78 is 11.7. The van der Waals surface area contributed by atoms with Gasteiger partial charge in [0.15, 0.2) is 0 Å². The van der Waals surface area contributed by atoms with Gasteiger partial charge in [-0.1, -0.05) is 12.1 Å². The Kier molecular flexibility index (Phi) is 4.88. The van der Waals surface area contributed by atoms with Gasteiger partial charge >= 0.3 is 0 Å². The normalized spacial score (nSPS) is 22.0. The number of thiophene rings is 1. The van der Waals surface area contributed by atoms with Crippen molar-refractivity contribution in [2.75, 3.05) is 39.9 Å². The first-order valence-corrected chi connectivity index (χ1v) is 11.4. The van der Waals surface area contributed by atoms with Crippen molar-refractivity contribution in [3.63, 3.8) is 0 Å². The van der Waals surface area contributed by atoms with Gasteiger partial charge in [0.25, 0.3) is 0 Å². The zero-order valence-corrected chi connectivity index (χ0v) is 17.7. The number of hydrogen-bond donors (Lipinski definition) is 1. The second kappa shape index (κ2) is 7.42. The molecule has 154 valence electrons. The van der Waals surface area contributed by atoms with Crippen LogP contribution in [-0.4, -0.2) is 50.7 Å². The molecule has 1 aromatic carbocycles. The summed E-state index contributed by atoms with van der Waals surface area (Å²) in [6.07, 6.45) is 3.56. The number of benzene rings is 1. The highest BCUT2D eigenvalue weighted by atomic mass is 32.1. The summed E-state index contributed by atoms with van der Waals surface area (Å²) in [4.78, 5) is 17.0. The minimum Gasteiger partial charge on any atom is -0.497 e. The fourth-order valence-corrected chi connectivity index (χ4v) is 6.25. The maximum Gasteiger partial charge on any atom is 0.231 e. The Balaban J connectivity index is 1.30. The lowest BCUT2D eigenvalue weighted by molar-refractivity contribution is -0.153. The summed E-state index contributed by atoms with van der Waals surface area (Å²) in [6, 6.07) is 10.3. The molecule has 0 radical (unpaired) electrons. The average molecular weight is 413 g/mol. The van der Waals surface area contributed by atoms with Crippen LogP contribution in [0.2, 0.25) is 0 Å². The summed E-state index contributed by atoms with van der Waals surface area (Å²) in [5.74, 6) is 1.13. The topological polar surface area (TPSA) is 50.8 Å². The Morgan fingerprint density at radius 3 is 2.83 bits per heavy atom. The second-order valence-electron chi connectivity index (χ2n) is 8.57. The van der Waals surface area contributed by atoms with Gasteiger partial charge in [-0.25, -0.2) is 0 Å². The van der Waals surface area contributed by atoms with E-state index in [4.69, 9.17) is 9.47 Å². The van der Waals surface area contributed by atoms with Crippen LogP contribution in [0.15, 0.2) is 35.7 Å². The maximum absolute atomic E-state index is 13.5. The Hall–Kier alpha value is -1.89. The Labute approximate surface area is 176 Å². The zero-order chi connectivity index (χ0) is 19.9. The van der Waals surface area contributed by atoms with E-state index in [0.29, 0.717) is 0 Å². The molecule has 3 aliphatic heterocycles. The molecule has 2 aromatic rings. The SMILES string of the molecule is COc1cccc(CC2(C(=O)N3CCC4(CC3)OCCc3ccsc34)CNC2)c1. The Morgan fingerprint density at radius 1 is 1.28 bits per heavy atom. The lowest BCUT2D eigenvalue weighted by Crippen LogP contribution is -2.64. The lowest BCUT2D eigenvalue weighted by Gasteiger charge is -2.48. The van der Waals surface area contributed by atoms with E-state index in [1.54, 1.807) is 7.11 Å². The molecular formula is C23H28N2O3S. The van der Waals surface area contributed by atoms with E-state index in [1.807, 2.05) is 29.5 Å². The summed E-state index contributed by atoms with van der Waals surface area (Å²) in [7, 11) is 1.68. The number of fused-ring (bicyclic) bond motifs is 2. The van der Waals surface area contributed by atoms with E-state index >= 15 is 0 Å². The third-order valence-electron chi connectivity index (χ3n) is 6.83. The number of carbonyl (C=O) groups excluding carboxylic acids is 1. The molecule has 0 aliphatic carbocycles. The third-order valence-corrected chi connectivity index (χ3v) is 7.97. The minimum absolute atomic E-state index is 0.170. The fourth-order valence-electron chi connectivity index (χ4n) is 5.08. The predicted octanol–water partition coefficient (Wildman–Crippen LogP) is 2.98. The molecule has 29 heavy (non-hydrogen) atoms. The van der Waals surface area contributed by atoms with Crippen LogP contribution in [0.25, 0.3) is 0 Å². The van der Waals surface area contributed by atoms with Crippen molar-refractivity contribution in [3.05, 3.63) is 51.7 Å². The number of methoxy groups -OCH3 is 1. The molecule has 1 amide bonds. The van der Waals surface area contributed by atoms with Crippen molar-refractivity contribution in [1.82, 2.24) is 10.2 Å². The van der Waals surface area contributed by atoms with Gasteiger partial charge in [0, 0.05) is 31.1 Å². The maximum atomic E-state index is 13.5. The van der Waals surface area contributed by atoms with Crippen molar-refractivity contribution in [3.8, 4) is 5.75 Å². The van der Waals surface area contributed by atoms with Crippen molar-refractivity contribution in [1.29, 1.82) is 0 Å².